The van der Waals surface area contributed by atoms with Crippen molar-refractivity contribution in [3.63, 3.8) is 0 Å². The molecule has 0 spiro atoms. The number of halogens is 1. The van der Waals surface area contributed by atoms with Crippen LogP contribution < -0.4 is 4.74 Å². The fraction of sp³-hybridized carbons (Fsp3) is 0.300. The summed E-state index contributed by atoms with van der Waals surface area (Å²) in [6.45, 7) is 3.82. The Labute approximate surface area is 154 Å². The molecule has 4 rings (SSSR count). The van der Waals surface area contributed by atoms with E-state index in [4.69, 9.17) is 14.2 Å². The van der Waals surface area contributed by atoms with Crippen molar-refractivity contribution in [2.45, 2.75) is 19.1 Å². The molecule has 1 aliphatic heterocycles. The summed E-state index contributed by atoms with van der Waals surface area (Å²) in [5.74, 6) is 1.04. The predicted molar refractivity (Wildman–Crippen MR) is 101 cm³/mol. The van der Waals surface area contributed by atoms with Crippen LogP contribution in [0.15, 0.2) is 46.9 Å². The van der Waals surface area contributed by atoms with Crippen LogP contribution in [0.5, 0.6) is 11.5 Å². The third-order valence-corrected chi connectivity index (χ3v) is 4.83. The smallest absolute Gasteiger partial charge is 0.135 e. The first kappa shape index (κ1) is 16.6. The molecule has 0 aromatic heterocycles. The number of hydrogen-bond acceptors (Lipinski definition) is 4. The Kier molecular flexibility index (Phi) is 4.54. The van der Waals surface area contributed by atoms with Gasteiger partial charge in [0.1, 0.15) is 24.2 Å². The van der Waals surface area contributed by atoms with E-state index >= 15 is 0 Å². The molecule has 4 nitrogen and oxygen atoms in total. The molecule has 25 heavy (non-hydrogen) atoms. The van der Waals surface area contributed by atoms with Crippen LogP contribution in [0.2, 0.25) is 0 Å². The molecule has 1 fully saturated rings. The number of phenols is 1. The van der Waals surface area contributed by atoms with Gasteiger partial charge in [-0.1, -0.05) is 40.2 Å². The lowest BCUT2D eigenvalue weighted by molar-refractivity contribution is 0.0248. The minimum atomic E-state index is -0.0396. The van der Waals surface area contributed by atoms with Gasteiger partial charge in [-0.25, -0.2) is 0 Å². The van der Waals surface area contributed by atoms with Crippen molar-refractivity contribution in [3.05, 3.63) is 46.9 Å². The van der Waals surface area contributed by atoms with Gasteiger partial charge in [-0.05, 0) is 25.1 Å². The summed E-state index contributed by atoms with van der Waals surface area (Å²) in [5.41, 5.74) is 0. The highest BCUT2D eigenvalue weighted by atomic mass is 79.9. The molecule has 0 aliphatic carbocycles. The van der Waals surface area contributed by atoms with E-state index in [1.165, 1.54) is 0 Å². The van der Waals surface area contributed by atoms with Crippen LogP contribution in [-0.4, -0.2) is 37.1 Å². The van der Waals surface area contributed by atoms with Gasteiger partial charge in [0.05, 0.1) is 19.3 Å². The van der Waals surface area contributed by atoms with Crippen molar-refractivity contribution in [2.24, 2.45) is 0 Å². The van der Waals surface area contributed by atoms with Crippen molar-refractivity contribution >= 4 is 37.5 Å². The first-order chi connectivity index (χ1) is 12.1. The van der Waals surface area contributed by atoms with E-state index in [1.807, 2.05) is 49.4 Å². The second kappa shape index (κ2) is 6.83. The maximum absolute atomic E-state index is 10.7. The molecular formula is C20H19BrO4. The van der Waals surface area contributed by atoms with Gasteiger partial charge in [0, 0.05) is 26.0 Å². The highest BCUT2D eigenvalue weighted by Gasteiger charge is 2.23. The van der Waals surface area contributed by atoms with Gasteiger partial charge in [0.25, 0.3) is 0 Å². The second-order valence-corrected chi connectivity index (χ2v) is 7.24. The monoisotopic (exact) mass is 402 g/mol. The predicted octanol–water partition coefficient (Wildman–Crippen LogP) is 4.64. The summed E-state index contributed by atoms with van der Waals surface area (Å²) in [6, 6.07) is 13.6. The Morgan fingerprint density at radius 1 is 1.16 bits per heavy atom. The standard InChI is InChI=1S/C20H19BrO4/c1-12(23-10-14-11-24-14)9-25-20-16-5-3-2-4-15(16)19(22)18-8-13(21)6-7-17(18)20/h2-8,12,14,22H,9-11H2,1H3. The minimum Gasteiger partial charge on any atom is -0.507 e. The molecular weight excluding hydrogens is 384 g/mol. The van der Waals surface area contributed by atoms with E-state index in [-0.39, 0.29) is 18.0 Å². The highest BCUT2D eigenvalue weighted by Crippen LogP contribution is 2.42. The molecule has 0 amide bonds. The Bertz CT molecular complexity index is 920. The largest absolute Gasteiger partial charge is 0.507 e. The van der Waals surface area contributed by atoms with E-state index in [0.29, 0.717) is 13.2 Å². The number of ether oxygens (including phenoxy) is 3. The first-order valence-electron chi connectivity index (χ1n) is 8.32. The third kappa shape index (κ3) is 3.45. The van der Waals surface area contributed by atoms with E-state index in [9.17, 15) is 5.11 Å². The quantitative estimate of drug-likeness (QED) is 0.481. The number of aromatic hydroxyl groups is 1. The number of benzene rings is 3. The fourth-order valence-corrected chi connectivity index (χ4v) is 3.29. The molecule has 1 aliphatic rings. The molecule has 5 heteroatoms. The van der Waals surface area contributed by atoms with Gasteiger partial charge in [-0.3, -0.25) is 0 Å². The van der Waals surface area contributed by atoms with Crippen LogP contribution in [-0.2, 0) is 9.47 Å². The Morgan fingerprint density at radius 2 is 1.88 bits per heavy atom. The van der Waals surface area contributed by atoms with Crippen LogP contribution in [0, 0.1) is 0 Å². The average Bonchev–Trinajstić information content (AvgIpc) is 3.45. The first-order valence-corrected chi connectivity index (χ1v) is 9.11. The van der Waals surface area contributed by atoms with Crippen molar-refractivity contribution in [3.8, 4) is 11.5 Å². The number of rotatable bonds is 6. The minimum absolute atomic E-state index is 0.0396. The zero-order valence-electron chi connectivity index (χ0n) is 13.9. The van der Waals surface area contributed by atoms with Crippen LogP contribution in [0.4, 0.5) is 0 Å². The molecule has 3 aromatic carbocycles. The number of fused-ring (bicyclic) bond motifs is 2. The number of epoxide rings is 1. The van der Waals surface area contributed by atoms with Gasteiger partial charge in [0.15, 0.2) is 0 Å². The summed E-state index contributed by atoms with van der Waals surface area (Å²) in [6.07, 6.45) is 0.206. The summed E-state index contributed by atoms with van der Waals surface area (Å²) in [4.78, 5) is 0. The van der Waals surface area contributed by atoms with Crippen molar-refractivity contribution in [1.29, 1.82) is 0 Å². The van der Waals surface area contributed by atoms with Crippen LogP contribution in [0.25, 0.3) is 21.5 Å². The summed E-state index contributed by atoms with van der Waals surface area (Å²) in [5, 5.41) is 14.0. The lowest BCUT2D eigenvalue weighted by atomic mass is 10.0. The number of hydrogen-bond donors (Lipinski definition) is 1. The zero-order valence-corrected chi connectivity index (χ0v) is 15.5. The maximum Gasteiger partial charge on any atom is 0.135 e. The molecule has 3 aromatic rings. The van der Waals surface area contributed by atoms with Crippen LogP contribution >= 0.6 is 15.9 Å². The summed E-state index contributed by atoms with van der Waals surface area (Å²) in [7, 11) is 0. The summed E-state index contributed by atoms with van der Waals surface area (Å²) >= 11 is 3.47. The Morgan fingerprint density at radius 3 is 2.64 bits per heavy atom. The van der Waals surface area contributed by atoms with Crippen molar-refractivity contribution in [2.75, 3.05) is 19.8 Å². The van der Waals surface area contributed by atoms with E-state index in [0.717, 1.165) is 38.4 Å². The second-order valence-electron chi connectivity index (χ2n) is 6.32. The van der Waals surface area contributed by atoms with Gasteiger partial charge < -0.3 is 19.3 Å². The molecule has 130 valence electrons. The zero-order chi connectivity index (χ0) is 17.4. The third-order valence-electron chi connectivity index (χ3n) is 4.34. The normalized spacial score (nSPS) is 17.8. The topological polar surface area (TPSA) is 51.2 Å². The maximum atomic E-state index is 10.7. The van der Waals surface area contributed by atoms with Gasteiger partial charge in [0.2, 0.25) is 0 Å². The van der Waals surface area contributed by atoms with E-state index in [1.54, 1.807) is 0 Å². The summed E-state index contributed by atoms with van der Waals surface area (Å²) < 4.78 is 18.0. The lowest BCUT2D eigenvalue weighted by Gasteiger charge is -2.18. The lowest BCUT2D eigenvalue weighted by Crippen LogP contribution is -2.20. The van der Waals surface area contributed by atoms with E-state index < -0.39 is 0 Å². The SMILES string of the molecule is CC(COc1c2ccccc2c(O)c2cc(Br)ccc12)OCC1CO1. The van der Waals surface area contributed by atoms with Gasteiger partial charge in [-0.15, -0.1) is 0 Å². The highest BCUT2D eigenvalue weighted by molar-refractivity contribution is 9.10. The van der Waals surface area contributed by atoms with E-state index in [2.05, 4.69) is 15.9 Å². The molecule has 1 heterocycles. The van der Waals surface area contributed by atoms with Gasteiger partial charge >= 0.3 is 0 Å². The van der Waals surface area contributed by atoms with Crippen LogP contribution in [0.1, 0.15) is 6.92 Å². The Hall–Kier alpha value is -1.82. The molecule has 0 radical (unpaired) electrons. The average molecular weight is 403 g/mol. The van der Waals surface area contributed by atoms with Gasteiger partial charge in [-0.2, -0.15) is 0 Å². The molecule has 2 unspecified atom stereocenters. The van der Waals surface area contributed by atoms with Crippen LogP contribution in [0.3, 0.4) is 0 Å². The molecule has 1 N–H and O–H groups in total. The molecule has 1 saturated heterocycles. The van der Waals surface area contributed by atoms with Crippen molar-refractivity contribution < 1.29 is 19.3 Å². The fourth-order valence-electron chi connectivity index (χ4n) is 2.93. The number of phenolic OH excluding ortho intramolecular Hbond substituents is 1. The molecule has 2 atom stereocenters. The Balaban J connectivity index is 1.70. The molecule has 0 saturated carbocycles. The molecule has 0 bridgehead atoms. The van der Waals surface area contributed by atoms with Crippen molar-refractivity contribution in [1.82, 2.24) is 0 Å².